The van der Waals surface area contributed by atoms with Crippen LogP contribution < -0.4 is 10.5 Å². The van der Waals surface area contributed by atoms with E-state index in [1.54, 1.807) is 13.1 Å². The monoisotopic (exact) mass is 393 g/mol. The lowest BCUT2D eigenvalue weighted by atomic mass is 10.4. The van der Waals surface area contributed by atoms with E-state index in [0.29, 0.717) is 5.76 Å². The van der Waals surface area contributed by atoms with Crippen LogP contribution >= 0.6 is 27.3 Å². The zero-order valence-electron chi connectivity index (χ0n) is 11.6. The molecule has 9 heteroatoms. The first kappa shape index (κ1) is 16.6. The van der Waals surface area contributed by atoms with Crippen LogP contribution in [0.1, 0.15) is 35.5 Å². The Balaban J connectivity index is 2.21. The van der Waals surface area contributed by atoms with Gasteiger partial charge in [0, 0.05) is 17.1 Å². The topological polar surface area (TPSA) is 98.2 Å². The maximum atomic E-state index is 12.4. The molecule has 0 aromatic carbocycles. The molecule has 0 radical (unpaired) electrons. The van der Waals surface area contributed by atoms with Crippen molar-refractivity contribution in [3.63, 3.8) is 0 Å². The van der Waals surface area contributed by atoms with E-state index in [0.717, 1.165) is 16.3 Å². The standard InChI is InChI=1S/C12H16BrN3O3S2/c1-3-9-6-15-12(20-9)7(2)16-21(17,18)10-4-8(5-14)19-11(10)13/h4,6-7,16H,3,5,14H2,1-2H3. The Labute approximate surface area is 135 Å². The molecule has 2 rings (SSSR count). The molecule has 6 nitrogen and oxygen atoms in total. The highest BCUT2D eigenvalue weighted by atomic mass is 79.9. The number of hydrogen-bond acceptors (Lipinski definition) is 6. The van der Waals surface area contributed by atoms with Crippen molar-refractivity contribution in [3.8, 4) is 0 Å². The van der Waals surface area contributed by atoms with Crippen molar-refractivity contribution in [1.82, 2.24) is 9.71 Å². The molecule has 1 atom stereocenters. The Morgan fingerprint density at radius 3 is 2.81 bits per heavy atom. The maximum absolute atomic E-state index is 12.4. The molecule has 1 unspecified atom stereocenters. The summed E-state index contributed by atoms with van der Waals surface area (Å²) in [5.41, 5.74) is 5.45. The largest absolute Gasteiger partial charge is 0.452 e. The summed E-state index contributed by atoms with van der Waals surface area (Å²) in [5, 5.41) is 0.731. The molecule has 21 heavy (non-hydrogen) atoms. The van der Waals surface area contributed by atoms with Crippen molar-refractivity contribution in [2.24, 2.45) is 5.73 Å². The second-order valence-corrected chi connectivity index (χ2v) is 7.97. The minimum atomic E-state index is -3.70. The van der Waals surface area contributed by atoms with Gasteiger partial charge < -0.3 is 10.2 Å². The highest BCUT2D eigenvalue weighted by Gasteiger charge is 2.25. The van der Waals surface area contributed by atoms with Gasteiger partial charge in [0.25, 0.3) is 0 Å². The summed E-state index contributed by atoms with van der Waals surface area (Å²) in [6, 6.07) is 1.00. The van der Waals surface area contributed by atoms with E-state index in [1.807, 2.05) is 6.92 Å². The first-order chi connectivity index (χ1) is 9.87. The highest BCUT2D eigenvalue weighted by Crippen LogP contribution is 2.28. The Kier molecular flexibility index (Phi) is 5.20. The number of aryl methyl sites for hydroxylation is 1. The Morgan fingerprint density at radius 1 is 1.57 bits per heavy atom. The van der Waals surface area contributed by atoms with Crippen molar-refractivity contribution < 1.29 is 12.8 Å². The van der Waals surface area contributed by atoms with Gasteiger partial charge in [-0.15, -0.1) is 11.3 Å². The van der Waals surface area contributed by atoms with Gasteiger partial charge >= 0.3 is 0 Å². The predicted molar refractivity (Wildman–Crippen MR) is 84.5 cm³/mol. The number of aromatic nitrogens is 1. The summed E-state index contributed by atoms with van der Waals surface area (Å²) in [5.74, 6) is 0.400. The van der Waals surface area contributed by atoms with Gasteiger partial charge in [-0.1, -0.05) is 6.92 Å². The molecule has 2 heterocycles. The quantitative estimate of drug-likeness (QED) is 0.785. The Bertz CT molecular complexity index is 724. The number of halogens is 1. The third-order valence-corrected chi connectivity index (χ3v) is 6.54. The second-order valence-electron chi connectivity index (χ2n) is 4.42. The first-order valence-corrected chi connectivity index (χ1v) is 9.41. The predicted octanol–water partition coefficient (Wildman–Crippen LogP) is 2.56. The molecule has 0 aliphatic heterocycles. The lowest BCUT2D eigenvalue weighted by Gasteiger charge is -2.10. The smallest absolute Gasteiger partial charge is 0.245 e. The zero-order chi connectivity index (χ0) is 15.6. The number of rotatable bonds is 6. The molecule has 2 aromatic rings. The first-order valence-electron chi connectivity index (χ1n) is 6.32. The second kappa shape index (κ2) is 6.57. The number of furan rings is 1. The number of nitrogens with one attached hydrogen (secondary N) is 1. The van der Waals surface area contributed by atoms with Crippen molar-refractivity contribution in [1.29, 1.82) is 0 Å². The number of nitrogens with zero attached hydrogens (tertiary/aromatic N) is 1. The van der Waals surface area contributed by atoms with Crippen LogP contribution in [0, 0.1) is 0 Å². The fraction of sp³-hybridized carbons (Fsp3) is 0.417. The summed E-state index contributed by atoms with van der Waals surface area (Å²) in [6.45, 7) is 3.92. The highest BCUT2D eigenvalue weighted by molar-refractivity contribution is 9.10. The van der Waals surface area contributed by atoms with Crippen molar-refractivity contribution in [2.75, 3.05) is 0 Å². The van der Waals surface area contributed by atoms with Gasteiger partial charge in [0.1, 0.15) is 15.7 Å². The van der Waals surface area contributed by atoms with E-state index in [-0.39, 0.29) is 16.1 Å². The maximum Gasteiger partial charge on any atom is 0.245 e. The fourth-order valence-electron chi connectivity index (χ4n) is 1.71. The molecule has 0 fully saturated rings. The molecule has 0 aliphatic rings. The lowest BCUT2D eigenvalue weighted by Crippen LogP contribution is -2.26. The van der Waals surface area contributed by atoms with Gasteiger partial charge in [-0.05, 0) is 29.3 Å². The molecular formula is C12H16BrN3O3S2. The van der Waals surface area contributed by atoms with Crippen LogP contribution in [0.3, 0.4) is 0 Å². The number of nitrogens with two attached hydrogens (primary N) is 1. The average Bonchev–Trinajstić information content (AvgIpc) is 3.04. The van der Waals surface area contributed by atoms with Crippen molar-refractivity contribution >= 4 is 37.3 Å². The van der Waals surface area contributed by atoms with E-state index < -0.39 is 16.1 Å². The molecule has 2 aromatic heterocycles. The average molecular weight is 394 g/mol. The molecule has 3 N–H and O–H groups in total. The van der Waals surface area contributed by atoms with Crippen LogP contribution in [0.25, 0.3) is 0 Å². The molecule has 0 bridgehead atoms. The van der Waals surface area contributed by atoms with E-state index >= 15 is 0 Å². The minimum absolute atomic E-state index is 0.0436. The fourth-order valence-corrected chi connectivity index (χ4v) is 4.85. The van der Waals surface area contributed by atoms with Crippen LogP contribution in [0.5, 0.6) is 0 Å². The van der Waals surface area contributed by atoms with Gasteiger partial charge in [-0.25, -0.2) is 18.1 Å². The zero-order valence-corrected chi connectivity index (χ0v) is 14.8. The molecule has 116 valence electrons. The molecule has 0 amide bonds. The van der Waals surface area contributed by atoms with Crippen LogP contribution in [0.2, 0.25) is 0 Å². The van der Waals surface area contributed by atoms with Crippen LogP contribution in [-0.4, -0.2) is 13.4 Å². The molecule has 0 aliphatic carbocycles. The van der Waals surface area contributed by atoms with Crippen LogP contribution in [-0.2, 0) is 23.0 Å². The minimum Gasteiger partial charge on any atom is -0.452 e. The number of thiazole rings is 1. The van der Waals surface area contributed by atoms with E-state index in [1.165, 1.54) is 17.4 Å². The third kappa shape index (κ3) is 3.72. The van der Waals surface area contributed by atoms with Gasteiger partial charge in [-0.3, -0.25) is 0 Å². The summed E-state index contributed by atoms with van der Waals surface area (Å²) in [4.78, 5) is 5.41. The Hall–Kier alpha value is -0.740. The Morgan fingerprint density at radius 2 is 2.29 bits per heavy atom. The molecular weight excluding hydrogens is 378 g/mol. The van der Waals surface area contributed by atoms with Crippen LogP contribution in [0.15, 0.2) is 26.2 Å². The molecule has 0 saturated carbocycles. The van der Waals surface area contributed by atoms with E-state index in [2.05, 4.69) is 25.6 Å². The lowest BCUT2D eigenvalue weighted by molar-refractivity contribution is 0.483. The molecule has 0 spiro atoms. The van der Waals surface area contributed by atoms with Gasteiger partial charge in [-0.2, -0.15) is 0 Å². The van der Waals surface area contributed by atoms with E-state index in [9.17, 15) is 8.42 Å². The van der Waals surface area contributed by atoms with Crippen molar-refractivity contribution in [3.05, 3.63) is 32.6 Å². The normalized spacial score (nSPS) is 13.5. The van der Waals surface area contributed by atoms with Gasteiger partial charge in [0.15, 0.2) is 4.67 Å². The number of hydrogen-bond donors (Lipinski definition) is 2. The van der Waals surface area contributed by atoms with Gasteiger partial charge in [0.2, 0.25) is 10.0 Å². The van der Waals surface area contributed by atoms with Gasteiger partial charge in [0.05, 0.1) is 12.6 Å². The summed E-state index contributed by atoms with van der Waals surface area (Å²) >= 11 is 4.60. The SMILES string of the molecule is CCc1cnc(C(C)NS(=O)(=O)c2cc(CN)oc2Br)s1. The third-order valence-electron chi connectivity index (χ3n) is 2.82. The summed E-state index contributed by atoms with van der Waals surface area (Å²) in [6.07, 6.45) is 2.65. The molecule has 0 saturated heterocycles. The summed E-state index contributed by atoms with van der Waals surface area (Å²) < 4.78 is 32.7. The number of sulfonamides is 1. The van der Waals surface area contributed by atoms with E-state index in [4.69, 9.17) is 10.2 Å². The van der Waals surface area contributed by atoms with Crippen molar-refractivity contribution in [2.45, 2.75) is 37.8 Å². The summed E-state index contributed by atoms with van der Waals surface area (Å²) in [7, 11) is -3.70. The van der Waals surface area contributed by atoms with Crippen LogP contribution in [0.4, 0.5) is 0 Å².